The van der Waals surface area contributed by atoms with Crippen molar-refractivity contribution in [1.82, 2.24) is 19.7 Å². The third-order valence-electron chi connectivity index (χ3n) is 3.28. The average Bonchev–Trinajstić information content (AvgIpc) is 2.99. The van der Waals surface area contributed by atoms with Crippen molar-refractivity contribution < 1.29 is 0 Å². The Morgan fingerprint density at radius 1 is 1.39 bits per heavy atom. The molecule has 3 rings (SSSR count). The van der Waals surface area contributed by atoms with Crippen LogP contribution >= 0.6 is 0 Å². The van der Waals surface area contributed by atoms with Crippen LogP contribution in [0.15, 0.2) is 24.8 Å². The summed E-state index contributed by atoms with van der Waals surface area (Å²) >= 11 is 0. The van der Waals surface area contributed by atoms with Crippen molar-refractivity contribution in [3.05, 3.63) is 36.0 Å². The summed E-state index contributed by atoms with van der Waals surface area (Å²) in [6.45, 7) is 2.98. The second-order valence-electron chi connectivity index (χ2n) is 4.77. The van der Waals surface area contributed by atoms with E-state index in [1.54, 1.807) is 12.5 Å². The molecule has 0 aromatic carbocycles. The van der Waals surface area contributed by atoms with Crippen LogP contribution in [0.3, 0.4) is 0 Å². The zero-order valence-electron chi connectivity index (χ0n) is 10.5. The van der Waals surface area contributed by atoms with E-state index in [0.717, 1.165) is 25.2 Å². The van der Waals surface area contributed by atoms with E-state index >= 15 is 0 Å². The molecular weight excluding hydrogens is 226 g/mol. The van der Waals surface area contributed by atoms with E-state index in [4.69, 9.17) is 0 Å². The molecule has 0 aliphatic heterocycles. The molecule has 1 unspecified atom stereocenters. The summed E-state index contributed by atoms with van der Waals surface area (Å²) in [6.07, 6.45) is 8.80. The second kappa shape index (κ2) is 4.76. The minimum atomic E-state index is 0.296. The van der Waals surface area contributed by atoms with Crippen LogP contribution in [0.1, 0.15) is 24.6 Å². The molecule has 0 bridgehead atoms. The fourth-order valence-electron chi connectivity index (χ4n) is 2.45. The van der Waals surface area contributed by atoms with Gasteiger partial charge < -0.3 is 5.32 Å². The summed E-state index contributed by atoms with van der Waals surface area (Å²) < 4.78 is 1.93. The Kier molecular flexibility index (Phi) is 2.96. The number of aryl methyl sites for hydroxylation is 1. The van der Waals surface area contributed by atoms with Gasteiger partial charge in [-0.25, -0.2) is 9.97 Å². The highest BCUT2D eigenvalue weighted by molar-refractivity contribution is 5.48. The van der Waals surface area contributed by atoms with Crippen LogP contribution < -0.4 is 5.32 Å². The average molecular weight is 243 g/mol. The predicted molar refractivity (Wildman–Crippen MR) is 69.4 cm³/mol. The van der Waals surface area contributed by atoms with Crippen molar-refractivity contribution in [3.8, 4) is 0 Å². The Bertz CT molecular complexity index is 520. The van der Waals surface area contributed by atoms with E-state index in [1.165, 1.54) is 17.7 Å². The molecule has 2 aromatic heterocycles. The highest BCUT2D eigenvalue weighted by Crippen LogP contribution is 2.25. The SMILES string of the molecule is CC(Cn1cccn1)Nc1ncnc2c1CCC2. The van der Waals surface area contributed by atoms with Gasteiger partial charge in [0.2, 0.25) is 0 Å². The van der Waals surface area contributed by atoms with Crippen LogP contribution in [0.2, 0.25) is 0 Å². The van der Waals surface area contributed by atoms with Crippen molar-refractivity contribution in [1.29, 1.82) is 0 Å². The maximum Gasteiger partial charge on any atom is 0.133 e. The maximum absolute atomic E-state index is 4.37. The Morgan fingerprint density at radius 3 is 3.17 bits per heavy atom. The lowest BCUT2D eigenvalue weighted by Crippen LogP contribution is -2.23. The molecule has 1 aliphatic rings. The molecule has 0 amide bonds. The Hall–Kier alpha value is -1.91. The smallest absolute Gasteiger partial charge is 0.133 e. The van der Waals surface area contributed by atoms with Crippen LogP contribution in [-0.4, -0.2) is 25.8 Å². The van der Waals surface area contributed by atoms with E-state index < -0.39 is 0 Å². The van der Waals surface area contributed by atoms with E-state index in [-0.39, 0.29) is 0 Å². The number of nitrogens with zero attached hydrogens (tertiary/aromatic N) is 4. The lowest BCUT2D eigenvalue weighted by Gasteiger charge is -2.16. The number of hydrogen-bond donors (Lipinski definition) is 1. The Morgan fingerprint density at radius 2 is 2.33 bits per heavy atom. The zero-order valence-corrected chi connectivity index (χ0v) is 10.5. The molecule has 18 heavy (non-hydrogen) atoms. The van der Waals surface area contributed by atoms with Gasteiger partial charge in [-0.3, -0.25) is 4.68 Å². The van der Waals surface area contributed by atoms with E-state index in [0.29, 0.717) is 6.04 Å². The molecule has 1 N–H and O–H groups in total. The van der Waals surface area contributed by atoms with Crippen LogP contribution in [0.5, 0.6) is 0 Å². The highest BCUT2D eigenvalue weighted by atomic mass is 15.3. The largest absolute Gasteiger partial charge is 0.365 e. The minimum Gasteiger partial charge on any atom is -0.365 e. The van der Waals surface area contributed by atoms with Crippen molar-refractivity contribution in [2.75, 3.05) is 5.32 Å². The van der Waals surface area contributed by atoms with Crippen molar-refractivity contribution >= 4 is 5.82 Å². The molecule has 2 aromatic rings. The molecular formula is C13H17N5. The number of anilines is 1. The lowest BCUT2D eigenvalue weighted by atomic mass is 10.2. The standard InChI is InChI=1S/C13H17N5/c1-10(8-18-7-3-6-16-18)17-13-11-4-2-5-12(11)14-9-15-13/h3,6-7,9-10H,2,4-5,8H2,1H3,(H,14,15,17). The monoisotopic (exact) mass is 243 g/mol. The summed E-state index contributed by atoms with van der Waals surface area (Å²) in [6, 6.07) is 2.24. The van der Waals surface area contributed by atoms with Gasteiger partial charge in [0.25, 0.3) is 0 Å². The molecule has 1 atom stereocenters. The number of nitrogens with one attached hydrogen (secondary N) is 1. The molecule has 0 saturated heterocycles. The third kappa shape index (κ3) is 2.20. The summed E-state index contributed by atoms with van der Waals surface area (Å²) in [5.74, 6) is 0.997. The van der Waals surface area contributed by atoms with Gasteiger partial charge >= 0.3 is 0 Å². The van der Waals surface area contributed by atoms with Crippen LogP contribution in [0, 0.1) is 0 Å². The molecule has 0 fully saturated rings. The van der Waals surface area contributed by atoms with E-state index in [1.807, 2.05) is 16.9 Å². The van der Waals surface area contributed by atoms with Gasteiger partial charge in [-0.05, 0) is 32.3 Å². The van der Waals surface area contributed by atoms with Gasteiger partial charge in [0.05, 0.1) is 6.54 Å². The van der Waals surface area contributed by atoms with Crippen LogP contribution in [0.25, 0.3) is 0 Å². The van der Waals surface area contributed by atoms with E-state index in [9.17, 15) is 0 Å². The van der Waals surface area contributed by atoms with Gasteiger partial charge in [0, 0.05) is 29.7 Å². The van der Waals surface area contributed by atoms with Crippen molar-refractivity contribution in [3.63, 3.8) is 0 Å². The van der Waals surface area contributed by atoms with Gasteiger partial charge in [-0.15, -0.1) is 0 Å². The molecule has 0 saturated carbocycles. The first-order valence-electron chi connectivity index (χ1n) is 6.39. The number of aromatic nitrogens is 4. The fraction of sp³-hybridized carbons (Fsp3) is 0.462. The predicted octanol–water partition coefficient (Wildman–Crippen LogP) is 1.66. The first-order chi connectivity index (χ1) is 8.83. The van der Waals surface area contributed by atoms with Crippen molar-refractivity contribution in [2.24, 2.45) is 0 Å². The zero-order chi connectivity index (χ0) is 12.4. The molecule has 2 heterocycles. The quantitative estimate of drug-likeness (QED) is 0.887. The first kappa shape index (κ1) is 11.2. The van der Waals surface area contributed by atoms with Crippen LogP contribution in [0.4, 0.5) is 5.82 Å². The Balaban J connectivity index is 1.71. The number of rotatable bonds is 4. The molecule has 0 spiro atoms. The molecule has 1 aliphatic carbocycles. The summed E-state index contributed by atoms with van der Waals surface area (Å²) in [5, 5.41) is 7.68. The first-order valence-corrected chi connectivity index (χ1v) is 6.39. The van der Waals surface area contributed by atoms with E-state index in [2.05, 4.69) is 27.3 Å². The lowest BCUT2D eigenvalue weighted by molar-refractivity contribution is 0.559. The minimum absolute atomic E-state index is 0.296. The third-order valence-corrected chi connectivity index (χ3v) is 3.28. The molecule has 94 valence electrons. The highest BCUT2D eigenvalue weighted by Gasteiger charge is 2.17. The number of hydrogen-bond acceptors (Lipinski definition) is 4. The van der Waals surface area contributed by atoms with Crippen molar-refractivity contribution in [2.45, 2.75) is 38.8 Å². The van der Waals surface area contributed by atoms with Gasteiger partial charge in [0.15, 0.2) is 0 Å². The van der Waals surface area contributed by atoms with Crippen LogP contribution in [-0.2, 0) is 19.4 Å². The summed E-state index contributed by atoms with van der Waals surface area (Å²) in [5.41, 5.74) is 2.50. The molecule has 5 heteroatoms. The maximum atomic E-state index is 4.37. The summed E-state index contributed by atoms with van der Waals surface area (Å²) in [4.78, 5) is 8.70. The molecule has 0 radical (unpaired) electrons. The Labute approximate surface area is 106 Å². The molecule has 5 nitrogen and oxygen atoms in total. The number of fused-ring (bicyclic) bond motifs is 1. The fourth-order valence-corrected chi connectivity index (χ4v) is 2.45. The summed E-state index contributed by atoms with van der Waals surface area (Å²) in [7, 11) is 0. The topological polar surface area (TPSA) is 55.6 Å². The van der Waals surface area contributed by atoms with Gasteiger partial charge in [-0.2, -0.15) is 5.10 Å². The van der Waals surface area contributed by atoms with Gasteiger partial charge in [0.1, 0.15) is 12.1 Å². The van der Waals surface area contributed by atoms with Gasteiger partial charge in [-0.1, -0.05) is 0 Å². The second-order valence-corrected chi connectivity index (χ2v) is 4.77. The normalized spacial score (nSPS) is 15.4.